The van der Waals surface area contributed by atoms with Crippen molar-refractivity contribution in [3.63, 3.8) is 0 Å². The number of aliphatic hydroxyl groups excluding tert-OH is 1. The molecule has 0 saturated heterocycles. The molecule has 12 nitrogen and oxygen atoms in total. The van der Waals surface area contributed by atoms with Crippen LogP contribution in [0.1, 0.15) is 47.0 Å². The Balaban J connectivity index is 5.47. The summed E-state index contributed by atoms with van der Waals surface area (Å²) >= 11 is 0. The zero-order valence-corrected chi connectivity index (χ0v) is 18.4. The Morgan fingerprint density at radius 1 is 0.871 bits per heavy atom. The number of amides is 4. The molecule has 0 saturated carbocycles. The van der Waals surface area contributed by atoms with E-state index >= 15 is 0 Å². The summed E-state index contributed by atoms with van der Waals surface area (Å²) in [5.74, 6) is -4.62. The highest BCUT2D eigenvalue weighted by molar-refractivity contribution is 5.94. The van der Waals surface area contributed by atoms with E-state index in [4.69, 9.17) is 16.6 Å². The van der Waals surface area contributed by atoms with Gasteiger partial charge in [0.25, 0.3) is 0 Å². The maximum atomic E-state index is 12.7. The van der Waals surface area contributed by atoms with Crippen molar-refractivity contribution >= 4 is 29.6 Å². The molecule has 0 aromatic heterocycles. The number of nitrogens with two attached hydrogens (primary N) is 2. The molecule has 0 radical (unpaired) electrons. The first kappa shape index (κ1) is 28.3. The van der Waals surface area contributed by atoms with Crippen LogP contribution in [0.15, 0.2) is 0 Å². The first-order chi connectivity index (χ1) is 14.3. The zero-order chi connectivity index (χ0) is 24.3. The normalized spacial score (nSPS) is 15.0. The van der Waals surface area contributed by atoms with Crippen LogP contribution in [-0.4, -0.2) is 70.6 Å². The molecule has 178 valence electrons. The number of carbonyl (C=O) groups is 5. The van der Waals surface area contributed by atoms with Crippen LogP contribution in [-0.2, 0) is 24.0 Å². The van der Waals surface area contributed by atoms with Gasteiger partial charge in [-0.15, -0.1) is 0 Å². The van der Waals surface area contributed by atoms with Gasteiger partial charge in [0.2, 0.25) is 23.6 Å². The predicted molar refractivity (Wildman–Crippen MR) is 111 cm³/mol. The van der Waals surface area contributed by atoms with Gasteiger partial charge in [-0.05, 0) is 24.7 Å². The van der Waals surface area contributed by atoms with Crippen LogP contribution in [0.2, 0.25) is 0 Å². The Kier molecular flexibility index (Phi) is 12.4. The Morgan fingerprint density at radius 3 is 1.84 bits per heavy atom. The third-order valence-corrected chi connectivity index (χ3v) is 4.41. The van der Waals surface area contributed by atoms with E-state index in [1.54, 1.807) is 27.7 Å². The highest BCUT2D eigenvalue weighted by atomic mass is 16.4. The van der Waals surface area contributed by atoms with Gasteiger partial charge < -0.3 is 37.6 Å². The summed E-state index contributed by atoms with van der Waals surface area (Å²) in [6.07, 6.45) is -0.217. The molecule has 0 heterocycles. The summed E-state index contributed by atoms with van der Waals surface area (Å²) in [4.78, 5) is 60.0. The van der Waals surface area contributed by atoms with E-state index in [0.29, 0.717) is 0 Å². The third-order valence-electron chi connectivity index (χ3n) is 4.41. The average Bonchev–Trinajstić information content (AvgIpc) is 2.66. The Bertz CT molecular complexity index is 654. The quantitative estimate of drug-likeness (QED) is 0.155. The number of aliphatic hydroxyl groups is 1. The summed E-state index contributed by atoms with van der Waals surface area (Å²) in [6, 6.07) is -4.74. The van der Waals surface area contributed by atoms with Crippen molar-refractivity contribution in [2.24, 2.45) is 23.3 Å². The van der Waals surface area contributed by atoms with Crippen LogP contribution >= 0.6 is 0 Å². The molecule has 31 heavy (non-hydrogen) atoms. The molecule has 0 aromatic rings. The van der Waals surface area contributed by atoms with Crippen LogP contribution in [0.5, 0.6) is 0 Å². The second-order valence-electron chi connectivity index (χ2n) is 8.11. The molecule has 9 N–H and O–H groups in total. The fourth-order valence-corrected chi connectivity index (χ4v) is 2.66. The molecule has 0 aliphatic heterocycles. The van der Waals surface area contributed by atoms with Crippen molar-refractivity contribution in [2.45, 2.75) is 71.1 Å². The van der Waals surface area contributed by atoms with Crippen molar-refractivity contribution in [3.8, 4) is 0 Å². The molecule has 4 atom stereocenters. The lowest BCUT2D eigenvalue weighted by atomic mass is 10.0. The first-order valence-electron chi connectivity index (χ1n) is 10.1. The van der Waals surface area contributed by atoms with Crippen molar-refractivity contribution in [2.75, 3.05) is 6.61 Å². The fourth-order valence-electron chi connectivity index (χ4n) is 2.66. The van der Waals surface area contributed by atoms with E-state index in [-0.39, 0.29) is 25.2 Å². The average molecular weight is 446 g/mol. The van der Waals surface area contributed by atoms with Crippen molar-refractivity contribution in [1.29, 1.82) is 0 Å². The fraction of sp³-hybridized carbons (Fsp3) is 0.737. The van der Waals surface area contributed by atoms with E-state index in [2.05, 4.69) is 16.0 Å². The molecule has 12 heteroatoms. The lowest BCUT2D eigenvalue weighted by molar-refractivity contribution is -0.143. The van der Waals surface area contributed by atoms with E-state index in [0.717, 1.165) is 0 Å². The number of rotatable bonds is 14. The van der Waals surface area contributed by atoms with Gasteiger partial charge in [-0.3, -0.25) is 19.2 Å². The summed E-state index contributed by atoms with van der Waals surface area (Å²) < 4.78 is 0. The SMILES string of the molecule is CC(C)CC(NC(=O)C(CCC(N)=O)NC(=O)C(NC(=O)C(N)CO)C(C)C)C(=O)O. The number of nitrogens with one attached hydrogen (secondary N) is 3. The molecule has 0 aliphatic rings. The van der Waals surface area contributed by atoms with Gasteiger partial charge in [-0.25, -0.2) is 4.79 Å². The smallest absolute Gasteiger partial charge is 0.326 e. The van der Waals surface area contributed by atoms with E-state index in [1.165, 1.54) is 0 Å². The van der Waals surface area contributed by atoms with Gasteiger partial charge in [-0.2, -0.15) is 0 Å². The summed E-state index contributed by atoms with van der Waals surface area (Å²) in [6.45, 7) is 6.27. The van der Waals surface area contributed by atoms with Crippen LogP contribution in [0.25, 0.3) is 0 Å². The van der Waals surface area contributed by atoms with E-state index < -0.39 is 66.3 Å². The zero-order valence-electron chi connectivity index (χ0n) is 18.4. The molecule has 0 fully saturated rings. The van der Waals surface area contributed by atoms with Crippen molar-refractivity contribution in [3.05, 3.63) is 0 Å². The number of hydrogen-bond donors (Lipinski definition) is 7. The van der Waals surface area contributed by atoms with Crippen LogP contribution < -0.4 is 27.4 Å². The third kappa shape index (κ3) is 10.7. The van der Waals surface area contributed by atoms with Gasteiger partial charge >= 0.3 is 5.97 Å². The lowest BCUT2D eigenvalue weighted by Crippen LogP contribution is -2.58. The molecule has 0 rings (SSSR count). The van der Waals surface area contributed by atoms with Gasteiger partial charge in [-0.1, -0.05) is 27.7 Å². The van der Waals surface area contributed by atoms with Gasteiger partial charge in [0.1, 0.15) is 24.2 Å². The maximum absolute atomic E-state index is 12.7. The Morgan fingerprint density at radius 2 is 1.42 bits per heavy atom. The van der Waals surface area contributed by atoms with Crippen molar-refractivity contribution in [1.82, 2.24) is 16.0 Å². The lowest BCUT2D eigenvalue weighted by Gasteiger charge is -2.27. The maximum Gasteiger partial charge on any atom is 0.326 e. The van der Waals surface area contributed by atoms with Gasteiger partial charge in [0.15, 0.2) is 0 Å². The second-order valence-corrected chi connectivity index (χ2v) is 8.11. The second kappa shape index (κ2) is 13.5. The number of carboxylic acid groups (broad SMARTS) is 1. The minimum absolute atomic E-state index is 0.0173. The monoisotopic (exact) mass is 445 g/mol. The van der Waals surface area contributed by atoms with Crippen LogP contribution in [0.3, 0.4) is 0 Å². The molecular formula is C19H35N5O7. The highest BCUT2D eigenvalue weighted by Crippen LogP contribution is 2.08. The standard InChI is InChI=1S/C19H35N5O7/c1-9(2)7-13(19(30)31)23-17(28)12(5-6-14(21)26)22-18(29)15(10(3)4)24-16(27)11(20)8-25/h9-13,15,25H,5-8,20H2,1-4H3,(H2,21,26)(H,22,29)(H,23,28)(H,24,27)(H,30,31). The Labute approximate surface area is 181 Å². The molecular weight excluding hydrogens is 410 g/mol. The number of hydrogen-bond acceptors (Lipinski definition) is 7. The molecule has 0 aliphatic carbocycles. The number of primary amides is 1. The van der Waals surface area contributed by atoms with E-state index in [9.17, 15) is 29.1 Å². The largest absolute Gasteiger partial charge is 0.480 e. The molecule has 4 unspecified atom stereocenters. The molecule has 4 amide bonds. The van der Waals surface area contributed by atoms with Gasteiger partial charge in [0, 0.05) is 6.42 Å². The summed E-state index contributed by atoms with van der Waals surface area (Å²) in [5, 5.41) is 25.5. The highest BCUT2D eigenvalue weighted by Gasteiger charge is 2.31. The summed E-state index contributed by atoms with van der Waals surface area (Å²) in [7, 11) is 0. The van der Waals surface area contributed by atoms with Crippen LogP contribution in [0, 0.1) is 11.8 Å². The molecule has 0 aromatic carbocycles. The van der Waals surface area contributed by atoms with E-state index in [1.807, 2.05) is 0 Å². The van der Waals surface area contributed by atoms with Gasteiger partial charge in [0.05, 0.1) is 6.61 Å². The minimum Gasteiger partial charge on any atom is -0.480 e. The molecule has 0 bridgehead atoms. The predicted octanol–water partition coefficient (Wildman–Crippen LogP) is -2.19. The topological polar surface area (TPSA) is 214 Å². The van der Waals surface area contributed by atoms with Crippen molar-refractivity contribution < 1.29 is 34.2 Å². The number of carbonyl (C=O) groups excluding carboxylic acids is 4. The minimum atomic E-state index is -1.25. The molecule has 0 spiro atoms. The summed E-state index contributed by atoms with van der Waals surface area (Å²) in [5.41, 5.74) is 10.6. The number of aliphatic carboxylic acids is 1. The Hall–Kier alpha value is -2.73. The van der Waals surface area contributed by atoms with Crippen LogP contribution in [0.4, 0.5) is 0 Å². The first-order valence-corrected chi connectivity index (χ1v) is 10.1. The number of carboxylic acids is 1.